The molecule has 0 heterocycles. The standard InChI is InChI=1S/C48H36/c1-47(2)41-19-11-9-17-37(41)45-35-15-7-5-13-33(35)39(27-43(45)47)31-23-21-30-26-32(24-22-29(30)25-31)40-28-44-46(36-16-8-6-14-34(36)40)38-18-10-12-20-42(38)48(44,3)4/h5-28H,1-4H3. The zero-order valence-corrected chi connectivity index (χ0v) is 27.9. The molecule has 0 heteroatoms. The number of fused-ring (bicyclic) bond motifs is 11. The SMILES string of the molecule is CC1(C)c2ccccc2-c2c1cc(-c1ccc3cc(-c4cc5c(c6ccccc46)-c4ccccc4C5(C)C)ccc3c1)c1ccccc21. The average molecular weight is 613 g/mol. The topological polar surface area (TPSA) is 0 Å². The van der Waals surface area contributed by atoms with Crippen LogP contribution in [0.4, 0.5) is 0 Å². The van der Waals surface area contributed by atoms with Crippen LogP contribution in [0.2, 0.25) is 0 Å². The van der Waals surface area contributed by atoms with Crippen molar-refractivity contribution in [2.45, 2.75) is 38.5 Å². The first-order chi connectivity index (χ1) is 23.3. The van der Waals surface area contributed by atoms with E-state index in [-0.39, 0.29) is 10.8 Å². The maximum absolute atomic E-state index is 2.48. The maximum Gasteiger partial charge on any atom is 0.0159 e. The molecule has 0 aliphatic heterocycles. The summed E-state index contributed by atoms with van der Waals surface area (Å²) in [6, 6.07) is 54.9. The van der Waals surface area contributed by atoms with Gasteiger partial charge in [-0.05, 0) is 123 Å². The first-order valence-electron chi connectivity index (χ1n) is 17.2. The maximum atomic E-state index is 2.48. The lowest BCUT2D eigenvalue weighted by Crippen LogP contribution is -2.15. The molecule has 0 atom stereocenters. The lowest BCUT2D eigenvalue weighted by atomic mass is 9.80. The van der Waals surface area contributed by atoms with Crippen molar-refractivity contribution in [1.29, 1.82) is 0 Å². The van der Waals surface area contributed by atoms with E-state index in [1.807, 2.05) is 0 Å². The van der Waals surface area contributed by atoms with E-state index in [2.05, 4.69) is 173 Å². The number of rotatable bonds is 2. The molecule has 0 radical (unpaired) electrons. The highest BCUT2D eigenvalue weighted by Gasteiger charge is 2.38. The van der Waals surface area contributed by atoms with Crippen LogP contribution in [0.1, 0.15) is 49.9 Å². The smallest absolute Gasteiger partial charge is 0.0159 e. The Morgan fingerprint density at radius 2 is 0.688 bits per heavy atom. The minimum Gasteiger partial charge on any atom is -0.0619 e. The molecule has 0 aromatic heterocycles. The lowest BCUT2D eigenvalue weighted by molar-refractivity contribution is 0.661. The highest BCUT2D eigenvalue weighted by atomic mass is 14.4. The highest BCUT2D eigenvalue weighted by Crippen LogP contribution is 2.54. The summed E-state index contributed by atoms with van der Waals surface area (Å²) in [4.78, 5) is 0. The molecule has 0 saturated carbocycles. The van der Waals surface area contributed by atoms with E-state index in [9.17, 15) is 0 Å². The second-order valence-corrected chi connectivity index (χ2v) is 14.9. The fourth-order valence-corrected chi connectivity index (χ4v) is 9.16. The monoisotopic (exact) mass is 612 g/mol. The number of hydrogen-bond donors (Lipinski definition) is 0. The van der Waals surface area contributed by atoms with E-state index in [0.717, 1.165) is 0 Å². The van der Waals surface area contributed by atoms with Crippen molar-refractivity contribution in [1.82, 2.24) is 0 Å². The normalized spacial score (nSPS) is 15.0. The molecule has 10 rings (SSSR count). The molecule has 0 unspecified atom stereocenters. The van der Waals surface area contributed by atoms with Gasteiger partial charge in [0.2, 0.25) is 0 Å². The molecular formula is C48H36. The molecule has 0 N–H and O–H groups in total. The first kappa shape index (κ1) is 27.6. The molecule has 2 aliphatic carbocycles. The van der Waals surface area contributed by atoms with Crippen molar-refractivity contribution in [3.63, 3.8) is 0 Å². The van der Waals surface area contributed by atoms with Crippen LogP contribution >= 0.6 is 0 Å². The Balaban J connectivity index is 1.14. The third-order valence-electron chi connectivity index (χ3n) is 11.6. The van der Waals surface area contributed by atoms with E-state index >= 15 is 0 Å². The van der Waals surface area contributed by atoms with Gasteiger partial charge < -0.3 is 0 Å². The molecule has 0 saturated heterocycles. The zero-order chi connectivity index (χ0) is 32.4. The van der Waals surface area contributed by atoms with Crippen molar-refractivity contribution < 1.29 is 0 Å². The Morgan fingerprint density at radius 3 is 1.12 bits per heavy atom. The van der Waals surface area contributed by atoms with Gasteiger partial charge in [-0.25, -0.2) is 0 Å². The molecule has 0 fully saturated rings. The van der Waals surface area contributed by atoms with Crippen LogP contribution in [0.5, 0.6) is 0 Å². The third-order valence-corrected chi connectivity index (χ3v) is 11.6. The minimum atomic E-state index is -0.0506. The quantitative estimate of drug-likeness (QED) is 0.182. The van der Waals surface area contributed by atoms with Gasteiger partial charge >= 0.3 is 0 Å². The van der Waals surface area contributed by atoms with Crippen molar-refractivity contribution in [2.75, 3.05) is 0 Å². The molecule has 0 spiro atoms. The van der Waals surface area contributed by atoms with Crippen LogP contribution in [-0.2, 0) is 10.8 Å². The molecule has 0 bridgehead atoms. The van der Waals surface area contributed by atoms with E-state index in [1.165, 1.54) is 99.1 Å². The van der Waals surface area contributed by atoms with Gasteiger partial charge in [0.15, 0.2) is 0 Å². The van der Waals surface area contributed by atoms with Crippen molar-refractivity contribution >= 4 is 32.3 Å². The predicted molar refractivity (Wildman–Crippen MR) is 205 cm³/mol. The second kappa shape index (κ2) is 9.55. The molecule has 48 heavy (non-hydrogen) atoms. The molecule has 2 aliphatic rings. The summed E-state index contributed by atoms with van der Waals surface area (Å²) >= 11 is 0. The molecule has 8 aromatic rings. The molecule has 8 aromatic carbocycles. The lowest BCUT2D eigenvalue weighted by Gasteiger charge is -2.23. The largest absolute Gasteiger partial charge is 0.0619 e. The van der Waals surface area contributed by atoms with Gasteiger partial charge in [0.05, 0.1) is 0 Å². The Hall–Kier alpha value is -5.46. The van der Waals surface area contributed by atoms with Crippen LogP contribution < -0.4 is 0 Å². The van der Waals surface area contributed by atoms with E-state index in [0.29, 0.717) is 0 Å². The number of hydrogen-bond acceptors (Lipinski definition) is 0. The van der Waals surface area contributed by atoms with Gasteiger partial charge in [0.25, 0.3) is 0 Å². The van der Waals surface area contributed by atoms with Gasteiger partial charge in [-0.3, -0.25) is 0 Å². The van der Waals surface area contributed by atoms with E-state index in [1.54, 1.807) is 0 Å². The summed E-state index contributed by atoms with van der Waals surface area (Å²) in [5.41, 5.74) is 16.3. The van der Waals surface area contributed by atoms with Crippen molar-refractivity contribution in [3.8, 4) is 44.5 Å². The van der Waals surface area contributed by atoms with Gasteiger partial charge in [0, 0.05) is 10.8 Å². The minimum absolute atomic E-state index is 0.0506. The summed E-state index contributed by atoms with van der Waals surface area (Å²) in [6.07, 6.45) is 0. The van der Waals surface area contributed by atoms with Gasteiger partial charge in [-0.15, -0.1) is 0 Å². The molecular weight excluding hydrogens is 577 g/mol. The fraction of sp³-hybridized carbons (Fsp3) is 0.125. The summed E-state index contributed by atoms with van der Waals surface area (Å²) in [5, 5.41) is 7.84. The van der Waals surface area contributed by atoms with Crippen molar-refractivity contribution in [2.24, 2.45) is 0 Å². The predicted octanol–water partition coefficient (Wildman–Crippen LogP) is 13.1. The second-order valence-electron chi connectivity index (χ2n) is 14.9. The molecule has 228 valence electrons. The Morgan fingerprint density at radius 1 is 0.312 bits per heavy atom. The Kier molecular flexibility index (Phi) is 5.50. The van der Waals surface area contributed by atoms with Gasteiger partial charge in [-0.1, -0.05) is 149 Å². The summed E-state index contributed by atoms with van der Waals surface area (Å²) in [7, 11) is 0. The first-order valence-corrected chi connectivity index (χ1v) is 17.2. The van der Waals surface area contributed by atoms with Crippen LogP contribution in [0.15, 0.2) is 146 Å². The Bertz CT molecular complexity index is 2480. The average Bonchev–Trinajstić information content (AvgIpc) is 3.50. The summed E-state index contributed by atoms with van der Waals surface area (Å²) in [5.74, 6) is 0. The number of benzene rings is 8. The van der Waals surface area contributed by atoms with E-state index in [4.69, 9.17) is 0 Å². The van der Waals surface area contributed by atoms with Gasteiger partial charge in [0.1, 0.15) is 0 Å². The van der Waals surface area contributed by atoms with Gasteiger partial charge in [-0.2, -0.15) is 0 Å². The zero-order valence-electron chi connectivity index (χ0n) is 27.9. The summed E-state index contributed by atoms with van der Waals surface area (Å²) < 4.78 is 0. The van der Waals surface area contributed by atoms with Crippen LogP contribution in [0.3, 0.4) is 0 Å². The molecule has 0 nitrogen and oxygen atoms in total. The van der Waals surface area contributed by atoms with Crippen LogP contribution in [-0.4, -0.2) is 0 Å². The van der Waals surface area contributed by atoms with Crippen LogP contribution in [0.25, 0.3) is 76.8 Å². The van der Waals surface area contributed by atoms with E-state index < -0.39 is 0 Å². The Labute approximate surface area is 282 Å². The fourth-order valence-electron chi connectivity index (χ4n) is 9.16. The highest BCUT2D eigenvalue weighted by molar-refractivity contribution is 6.11. The van der Waals surface area contributed by atoms with Crippen molar-refractivity contribution in [3.05, 3.63) is 168 Å². The van der Waals surface area contributed by atoms with Crippen LogP contribution in [0, 0.1) is 0 Å². The third kappa shape index (κ3) is 3.61. The molecule has 0 amide bonds. The summed E-state index contributed by atoms with van der Waals surface area (Å²) in [6.45, 7) is 9.50.